The highest BCUT2D eigenvalue weighted by atomic mass is 16.6. The molecule has 3 aromatic carbocycles. The van der Waals surface area contributed by atoms with E-state index in [1.807, 2.05) is 0 Å². The predicted octanol–water partition coefficient (Wildman–Crippen LogP) is 4.10. The summed E-state index contributed by atoms with van der Waals surface area (Å²) in [7, 11) is 1.34. The summed E-state index contributed by atoms with van der Waals surface area (Å²) in [5.74, 6) is -0.747. The standard InChI is InChI=1S/C21H13N3O8/c1-31-14-7-9-18(19(11-14)24(29)30)22-20(25)16-8-6-15(10-17(16)21(22)26)32-13-4-2-12(3-5-13)23(27)28/h2-11H,1H3. The maximum Gasteiger partial charge on any atom is 0.297 e. The first-order valence-corrected chi connectivity index (χ1v) is 9.07. The molecule has 0 fully saturated rings. The number of methoxy groups -OCH3 is 1. The van der Waals surface area contributed by atoms with E-state index in [4.69, 9.17) is 9.47 Å². The molecule has 1 aliphatic rings. The molecule has 0 aliphatic carbocycles. The first kappa shape index (κ1) is 20.5. The number of nitrogens with zero attached hydrogens (tertiary/aromatic N) is 3. The van der Waals surface area contributed by atoms with E-state index in [1.54, 1.807) is 0 Å². The van der Waals surface area contributed by atoms with Gasteiger partial charge in [0.05, 0.1) is 34.1 Å². The summed E-state index contributed by atoms with van der Waals surface area (Å²) in [6, 6.07) is 13.3. The van der Waals surface area contributed by atoms with Crippen LogP contribution in [0.15, 0.2) is 60.7 Å². The fourth-order valence-corrected chi connectivity index (χ4v) is 3.24. The van der Waals surface area contributed by atoms with Gasteiger partial charge in [-0.05, 0) is 42.5 Å². The van der Waals surface area contributed by atoms with Crippen LogP contribution in [0.3, 0.4) is 0 Å². The summed E-state index contributed by atoms with van der Waals surface area (Å²) < 4.78 is 10.6. The van der Waals surface area contributed by atoms with Crippen LogP contribution in [0.4, 0.5) is 17.1 Å². The summed E-state index contributed by atoms with van der Waals surface area (Å²) >= 11 is 0. The second-order valence-corrected chi connectivity index (χ2v) is 6.62. The fraction of sp³-hybridized carbons (Fsp3) is 0.0476. The Hall–Kier alpha value is -4.80. The van der Waals surface area contributed by atoms with Gasteiger partial charge in [0.25, 0.3) is 23.2 Å². The summed E-state index contributed by atoms with van der Waals surface area (Å²) in [4.78, 5) is 47.6. The summed E-state index contributed by atoms with van der Waals surface area (Å²) in [6.07, 6.45) is 0. The van der Waals surface area contributed by atoms with Gasteiger partial charge in [0.2, 0.25) is 0 Å². The predicted molar refractivity (Wildman–Crippen MR) is 110 cm³/mol. The number of hydrogen-bond acceptors (Lipinski definition) is 8. The third-order valence-corrected chi connectivity index (χ3v) is 4.76. The summed E-state index contributed by atoms with van der Waals surface area (Å²) in [6.45, 7) is 0. The van der Waals surface area contributed by atoms with Crippen molar-refractivity contribution in [3.63, 3.8) is 0 Å². The Labute approximate surface area is 179 Å². The average Bonchev–Trinajstić information content (AvgIpc) is 3.03. The molecule has 160 valence electrons. The van der Waals surface area contributed by atoms with Crippen molar-refractivity contribution in [1.29, 1.82) is 0 Å². The molecule has 0 bridgehead atoms. The van der Waals surface area contributed by atoms with E-state index < -0.39 is 27.3 Å². The van der Waals surface area contributed by atoms with Gasteiger partial charge in [-0.1, -0.05) is 0 Å². The second-order valence-electron chi connectivity index (χ2n) is 6.62. The number of non-ortho nitro benzene ring substituents is 1. The first-order chi connectivity index (χ1) is 15.3. The Bertz CT molecular complexity index is 1290. The lowest BCUT2D eigenvalue weighted by atomic mass is 10.1. The normalized spacial score (nSPS) is 12.5. The Morgan fingerprint density at radius 3 is 2.00 bits per heavy atom. The van der Waals surface area contributed by atoms with Gasteiger partial charge in [0.1, 0.15) is 22.9 Å². The lowest BCUT2D eigenvalue weighted by molar-refractivity contribution is -0.384. The van der Waals surface area contributed by atoms with E-state index in [0.29, 0.717) is 0 Å². The number of benzene rings is 3. The number of nitro groups is 2. The molecule has 0 saturated heterocycles. The third-order valence-electron chi connectivity index (χ3n) is 4.76. The van der Waals surface area contributed by atoms with Crippen LogP contribution >= 0.6 is 0 Å². The Kier molecular flexibility index (Phi) is 4.99. The maximum absolute atomic E-state index is 13.0. The number of carbonyl (C=O) groups is 2. The van der Waals surface area contributed by atoms with Crippen molar-refractivity contribution in [2.75, 3.05) is 12.0 Å². The highest BCUT2D eigenvalue weighted by Crippen LogP contribution is 2.38. The third kappa shape index (κ3) is 3.47. The topological polar surface area (TPSA) is 142 Å². The van der Waals surface area contributed by atoms with Gasteiger partial charge in [-0.15, -0.1) is 0 Å². The van der Waals surface area contributed by atoms with Gasteiger partial charge in [-0.25, -0.2) is 4.90 Å². The molecule has 0 radical (unpaired) electrons. The lowest BCUT2D eigenvalue weighted by Crippen LogP contribution is -2.30. The quantitative estimate of drug-likeness (QED) is 0.320. The van der Waals surface area contributed by atoms with E-state index in [2.05, 4.69) is 0 Å². The van der Waals surface area contributed by atoms with Crippen LogP contribution in [0.1, 0.15) is 20.7 Å². The van der Waals surface area contributed by atoms with Crippen LogP contribution in [-0.4, -0.2) is 28.8 Å². The van der Waals surface area contributed by atoms with Gasteiger partial charge >= 0.3 is 0 Å². The molecule has 11 heteroatoms. The fourth-order valence-electron chi connectivity index (χ4n) is 3.24. The number of anilines is 1. The van der Waals surface area contributed by atoms with Gasteiger partial charge in [0.15, 0.2) is 0 Å². The summed E-state index contributed by atoms with van der Waals surface area (Å²) in [5.41, 5.74) is -0.666. The SMILES string of the molecule is COc1ccc(N2C(=O)c3ccc(Oc4ccc([N+](=O)[O-])cc4)cc3C2=O)c([N+](=O)[O-])c1. The number of imide groups is 1. The molecule has 32 heavy (non-hydrogen) atoms. The monoisotopic (exact) mass is 435 g/mol. The molecule has 0 saturated carbocycles. The van der Waals surface area contributed by atoms with Gasteiger partial charge < -0.3 is 9.47 Å². The molecule has 0 aromatic heterocycles. The molecule has 4 rings (SSSR count). The molecule has 0 spiro atoms. The molecular formula is C21H13N3O8. The highest BCUT2D eigenvalue weighted by molar-refractivity contribution is 6.35. The van der Waals surface area contributed by atoms with E-state index in [9.17, 15) is 29.8 Å². The smallest absolute Gasteiger partial charge is 0.297 e. The minimum Gasteiger partial charge on any atom is -0.496 e. The number of ether oxygens (including phenoxy) is 2. The van der Waals surface area contributed by atoms with E-state index >= 15 is 0 Å². The van der Waals surface area contributed by atoms with Crippen molar-refractivity contribution in [3.05, 3.63) is 92.0 Å². The zero-order valence-electron chi connectivity index (χ0n) is 16.4. The number of nitro benzene ring substituents is 2. The summed E-state index contributed by atoms with van der Waals surface area (Å²) in [5, 5.41) is 22.3. The van der Waals surface area contributed by atoms with E-state index in [1.165, 1.54) is 61.7 Å². The van der Waals surface area contributed by atoms with Gasteiger partial charge in [0, 0.05) is 12.1 Å². The number of amides is 2. The van der Waals surface area contributed by atoms with Crippen molar-refractivity contribution in [2.45, 2.75) is 0 Å². The highest BCUT2D eigenvalue weighted by Gasteiger charge is 2.40. The largest absolute Gasteiger partial charge is 0.496 e. The number of rotatable bonds is 6. The van der Waals surface area contributed by atoms with Gasteiger partial charge in [-0.3, -0.25) is 29.8 Å². The Morgan fingerprint density at radius 2 is 1.38 bits per heavy atom. The molecule has 2 amide bonds. The Balaban J connectivity index is 1.66. The minimum atomic E-state index is -0.743. The second kappa shape index (κ2) is 7.80. The molecule has 1 aliphatic heterocycles. The van der Waals surface area contributed by atoms with Crippen molar-refractivity contribution in [2.24, 2.45) is 0 Å². The number of carbonyl (C=O) groups excluding carboxylic acids is 2. The zero-order chi connectivity index (χ0) is 23.0. The van der Waals surface area contributed by atoms with Crippen LogP contribution in [0.2, 0.25) is 0 Å². The van der Waals surface area contributed by atoms with Crippen molar-refractivity contribution in [1.82, 2.24) is 0 Å². The van der Waals surface area contributed by atoms with E-state index in [0.717, 1.165) is 11.0 Å². The molecule has 0 atom stereocenters. The average molecular weight is 435 g/mol. The van der Waals surface area contributed by atoms with Crippen LogP contribution in [0.5, 0.6) is 17.2 Å². The van der Waals surface area contributed by atoms with Crippen molar-refractivity contribution in [3.8, 4) is 17.2 Å². The number of fused-ring (bicyclic) bond motifs is 1. The molecule has 0 unspecified atom stereocenters. The van der Waals surface area contributed by atoms with Crippen LogP contribution in [0, 0.1) is 20.2 Å². The van der Waals surface area contributed by atoms with Crippen LogP contribution in [0.25, 0.3) is 0 Å². The van der Waals surface area contributed by atoms with Gasteiger partial charge in [-0.2, -0.15) is 0 Å². The molecule has 1 heterocycles. The van der Waals surface area contributed by atoms with Crippen LogP contribution < -0.4 is 14.4 Å². The van der Waals surface area contributed by atoms with Crippen molar-refractivity contribution >= 4 is 28.9 Å². The molecule has 0 N–H and O–H groups in total. The lowest BCUT2D eigenvalue weighted by Gasteiger charge is -2.14. The Morgan fingerprint density at radius 1 is 0.750 bits per heavy atom. The number of hydrogen-bond donors (Lipinski definition) is 0. The van der Waals surface area contributed by atoms with Crippen molar-refractivity contribution < 1.29 is 28.9 Å². The zero-order valence-corrected chi connectivity index (χ0v) is 16.4. The molecule has 11 nitrogen and oxygen atoms in total. The molecular weight excluding hydrogens is 422 g/mol. The molecule has 3 aromatic rings. The maximum atomic E-state index is 13.0. The minimum absolute atomic E-state index is 0.0135. The van der Waals surface area contributed by atoms with E-state index in [-0.39, 0.29) is 39.8 Å². The first-order valence-electron chi connectivity index (χ1n) is 9.07. The van der Waals surface area contributed by atoms with Crippen LogP contribution in [-0.2, 0) is 0 Å².